The first-order chi connectivity index (χ1) is 5.16. The van der Waals surface area contributed by atoms with E-state index in [2.05, 4.69) is 0 Å². The summed E-state index contributed by atoms with van der Waals surface area (Å²) in [5.41, 5.74) is 6.69. The summed E-state index contributed by atoms with van der Waals surface area (Å²) in [5, 5.41) is 0. The molecule has 0 fully saturated rings. The minimum atomic E-state index is -0.352. The number of amides is 1. The van der Waals surface area contributed by atoms with Crippen molar-refractivity contribution in [3.63, 3.8) is 0 Å². The van der Waals surface area contributed by atoms with Gasteiger partial charge in [0.25, 0.3) is 5.91 Å². The van der Waals surface area contributed by atoms with Crippen LogP contribution in [-0.4, -0.2) is 10.5 Å². The highest BCUT2D eigenvalue weighted by molar-refractivity contribution is 5.93. The van der Waals surface area contributed by atoms with Gasteiger partial charge in [0.2, 0.25) is 0 Å². The maximum absolute atomic E-state index is 10.8. The van der Waals surface area contributed by atoms with E-state index in [1.54, 1.807) is 6.07 Å². The molecule has 0 aliphatic rings. The van der Waals surface area contributed by atoms with E-state index < -0.39 is 0 Å². The third-order valence-corrected chi connectivity index (χ3v) is 1.85. The van der Waals surface area contributed by atoms with Crippen LogP contribution >= 0.6 is 0 Å². The number of nitrogens with zero attached hydrogens (tertiary/aromatic N) is 1. The monoisotopic (exact) mass is 152 g/mol. The summed E-state index contributed by atoms with van der Waals surface area (Å²) >= 11 is 0. The quantitative estimate of drug-likeness (QED) is 0.673. The molecule has 1 amide bonds. The highest BCUT2D eigenvalue weighted by atomic mass is 16.1. The van der Waals surface area contributed by atoms with Gasteiger partial charge in [-0.15, -0.1) is 0 Å². The summed E-state index contributed by atoms with van der Waals surface area (Å²) in [6.07, 6.45) is 1.87. The van der Waals surface area contributed by atoms with E-state index in [0.29, 0.717) is 5.56 Å². The van der Waals surface area contributed by atoms with E-state index in [-0.39, 0.29) is 5.91 Å². The Bertz CT molecular complexity index is 276. The third-order valence-electron chi connectivity index (χ3n) is 1.85. The third kappa shape index (κ3) is 1.27. The molecule has 0 unspecified atom stereocenters. The van der Waals surface area contributed by atoms with Crippen molar-refractivity contribution in [3.05, 3.63) is 23.5 Å². The number of hydrogen-bond acceptors (Lipinski definition) is 1. The van der Waals surface area contributed by atoms with Crippen LogP contribution in [0.2, 0.25) is 0 Å². The van der Waals surface area contributed by atoms with Crippen LogP contribution in [0.4, 0.5) is 0 Å². The molecule has 1 rings (SSSR count). The lowest BCUT2D eigenvalue weighted by molar-refractivity contribution is 0.0999. The Labute approximate surface area is 65.8 Å². The molecule has 60 valence electrons. The highest BCUT2D eigenvalue weighted by Crippen LogP contribution is 2.08. The van der Waals surface area contributed by atoms with E-state index in [9.17, 15) is 4.79 Å². The summed E-state index contributed by atoms with van der Waals surface area (Å²) in [6.45, 7) is 4.79. The van der Waals surface area contributed by atoms with E-state index in [0.717, 1.165) is 12.2 Å². The Morgan fingerprint density at radius 1 is 1.73 bits per heavy atom. The summed E-state index contributed by atoms with van der Waals surface area (Å²) in [5.74, 6) is -0.352. The Kier molecular flexibility index (Phi) is 1.98. The molecule has 3 heteroatoms. The molecule has 1 heterocycles. The number of aromatic nitrogens is 1. The van der Waals surface area contributed by atoms with Crippen molar-refractivity contribution >= 4 is 5.91 Å². The molecule has 0 aromatic carbocycles. The first-order valence-corrected chi connectivity index (χ1v) is 3.62. The van der Waals surface area contributed by atoms with Crippen LogP contribution in [0.15, 0.2) is 12.3 Å². The molecule has 0 saturated heterocycles. The first kappa shape index (κ1) is 7.85. The maximum Gasteiger partial charge on any atom is 0.250 e. The molecule has 1 aromatic rings. The average molecular weight is 152 g/mol. The van der Waals surface area contributed by atoms with Crippen LogP contribution < -0.4 is 5.73 Å². The molecule has 0 atom stereocenters. The Balaban J connectivity index is 3.10. The van der Waals surface area contributed by atoms with Crippen molar-refractivity contribution in [3.8, 4) is 0 Å². The fourth-order valence-corrected chi connectivity index (χ4v) is 1.15. The number of nitrogens with two attached hydrogens (primary N) is 1. The van der Waals surface area contributed by atoms with E-state index in [1.165, 1.54) is 0 Å². The Morgan fingerprint density at radius 2 is 2.36 bits per heavy atom. The predicted molar refractivity (Wildman–Crippen MR) is 43.4 cm³/mol. The van der Waals surface area contributed by atoms with Gasteiger partial charge < -0.3 is 10.3 Å². The lowest BCUT2D eigenvalue weighted by atomic mass is 10.2. The van der Waals surface area contributed by atoms with Gasteiger partial charge >= 0.3 is 0 Å². The summed E-state index contributed by atoms with van der Waals surface area (Å²) in [7, 11) is 0. The number of aryl methyl sites for hydroxylation is 1. The number of primary amides is 1. The average Bonchev–Trinajstić information content (AvgIpc) is 2.30. The lowest BCUT2D eigenvalue weighted by Gasteiger charge is -2.00. The molecule has 0 bridgehead atoms. The van der Waals surface area contributed by atoms with Gasteiger partial charge in [0, 0.05) is 18.4 Å². The smallest absolute Gasteiger partial charge is 0.250 e. The molecule has 0 radical (unpaired) electrons. The molecule has 0 aliphatic carbocycles. The van der Waals surface area contributed by atoms with Gasteiger partial charge in [-0.1, -0.05) is 0 Å². The second kappa shape index (κ2) is 2.78. The van der Waals surface area contributed by atoms with Crippen molar-refractivity contribution in [2.24, 2.45) is 5.73 Å². The minimum absolute atomic E-state index is 0.352. The van der Waals surface area contributed by atoms with Crippen molar-refractivity contribution in [1.82, 2.24) is 4.57 Å². The van der Waals surface area contributed by atoms with Crippen LogP contribution in [-0.2, 0) is 6.54 Å². The van der Waals surface area contributed by atoms with Gasteiger partial charge in [-0.2, -0.15) is 0 Å². The van der Waals surface area contributed by atoms with E-state index >= 15 is 0 Å². The standard InChI is InChI=1S/C8H12N2O/c1-3-10-5-4-7(6(10)2)8(9)11/h4-5H,3H2,1-2H3,(H2,9,11). The Morgan fingerprint density at radius 3 is 2.64 bits per heavy atom. The van der Waals surface area contributed by atoms with Crippen LogP contribution in [0.3, 0.4) is 0 Å². The lowest BCUT2D eigenvalue weighted by Crippen LogP contribution is -2.12. The number of hydrogen-bond donors (Lipinski definition) is 1. The van der Waals surface area contributed by atoms with Crippen molar-refractivity contribution in [1.29, 1.82) is 0 Å². The predicted octanol–water partition coefficient (Wildman–Crippen LogP) is 0.915. The number of carbonyl (C=O) groups excluding carboxylic acids is 1. The van der Waals surface area contributed by atoms with Gasteiger partial charge in [-0.05, 0) is 19.9 Å². The second-order valence-corrected chi connectivity index (χ2v) is 2.47. The second-order valence-electron chi connectivity index (χ2n) is 2.47. The molecular formula is C8H12N2O. The molecule has 3 nitrogen and oxygen atoms in total. The number of carbonyl (C=O) groups is 1. The molecule has 2 N–H and O–H groups in total. The fraction of sp³-hybridized carbons (Fsp3) is 0.375. The topological polar surface area (TPSA) is 48.0 Å². The maximum atomic E-state index is 10.8. The van der Waals surface area contributed by atoms with Gasteiger partial charge in [-0.3, -0.25) is 4.79 Å². The van der Waals surface area contributed by atoms with E-state index in [1.807, 2.05) is 24.6 Å². The van der Waals surface area contributed by atoms with Crippen LogP contribution in [0.25, 0.3) is 0 Å². The SMILES string of the molecule is CCn1ccc(C(N)=O)c1C. The zero-order valence-electron chi connectivity index (χ0n) is 6.79. The van der Waals surface area contributed by atoms with Crippen LogP contribution in [0, 0.1) is 6.92 Å². The minimum Gasteiger partial charge on any atom is -0.366 e. The summed E-state index contributed by atoms with van der Waals surface area (Å²) < 4.78 is 1.99. The molecule has 0 spiro atoms. The largest absolute Gasteiger partial charge is 0.366 e. The molecule has 0 aliphatic heterocycles. The van der Waals surface area contributed by atoms with Gasteiger partial charge in [-0.25, -0.2) is 0 Å². The van der Waals surface area contributed by atoms with Crippen LogP contribution in [0.5, 0.6) is 0 Å². The zero-order chi connectivity index (χ0) is 8.43. The van der Waals surface area contributed by atoms with Gasteiger partial charge in [0.05, 0.1) is 5.56 Å². The molecule has 11 heavy (non-hydrogen) atoms. The molecule has 0 saturated carbocycles. The summed E-state index contributed by atoms with van der Waals surface area (Å²) in [6, 6.07) is 1.75. The van der Waals surface area contributed by atoms with Crippen molar-refractivity contribution < 1.29 is 4.79 Å². The fourth-order valence-electron chi connectivity index (χ4n) is 1.15. The summed E-state index contributed by atoms with van der Waals surface area (Å²) in [4.78, 5) is 10.8. The highest BCUT2D eigenvalue weighted by Gasteiger charge is 2.07. The first-order valence-electron chi connectivity index (χ1n) is 3.62. The zero-order valence-corrected chi connectivity index (χ0v) is 6.79. The van der Waals surface area contributed by atoms with Crippen molar-refractivity contribution in [2.45, 2.75) is 20.4 Å². The van der Waals surface area contributed by atoms with Crippen LogP contribution in [0.1, 0.15) is 23.0 Å². The van der Waals surface area contributed by atoms with Gasteiger partial charge in [0.15, 0.2) is 0 Å². The normalized spacial score (nSPS) is 10.0. The molecule has 1 aromatic heterocycles. The van der Waals surface area contributed by atoms with Gasteiger partial charge in [0.1, 0.15) is 0 Å². The Hall–Kier alpha value is -1.25. The van der Waals surface area contributed by atoms with Crippen molar-refractivity contribution in [2.75, 3.05) is 0 Å². The van der Waals surface area contributed by atoms with E-state index in [4.69, 9.17) is 5.73 Å². The molecular weight excluding hydrogens is 140 g/mol. The number of rotatable bonds is 2.